The van der Waals surface area contributed by atoms with E-state index in [1.807, 2.05) is 18.2 Å². The van der Waals surface area contributed by atoms with Gasteiger partial charge in [0.25, 0.3) is 0 Å². The van der Waals surface area contributed by atoms with Gasteiger partial charge in [-0.25, -0.2) is 0 Å². The highest BCUT2D eigenvalue weighted by molar-refractivity contribution is 14.1. The number of hydrogen-bond donors (Lipinski definition) is 0. The van der Waals surface area contributed by atoms with E-state index in [1.54, 1.807) is 6.92 Å². The van der Waals surface area contributed by atoms with E-state index in [9.17, 15) is 4.79 Å². The van der Waals surface area contributed by atoms with Gasteiger partial charge in [0, 0.05) is 13.6 Å². The summed E-state index contributed by atoms with van der Waals surface area (Å²) in [7, 11) is 0. The minimum absolute atomic E-state index is 0.107. The first-order chi connectivity index (χ1) is 5.13. The number of rotatable bonds is 1. The molecular formula is C8H6BrIO. The highest BCUT2D eigenvalue weighted by atomic mass is 127. The van der Waals surface area contributed by atoms with Gasteiger partial charge in [0.15, 0.2) is 5.78 Å². The lowest BCUT2D eigenvalue weighted by molar-refractivity contribution is 0.101. The zero-order chi connectivity index (χ0) is 8.43. The molecule has 0 aliphatic rings. The first-order valence-corrected chi connectivity index (χ1v) is 4.95. The maximum Gasteiger partial charge on any atom is 0.160 e. The predicted octanol–water partition coefficient (Wildman–Crippen LogP) is 3.26. The summed E-state index contributed by atoms with van der Waals surface area (Å²) >= 11 is 5.51. The number of benzene rings is 1. The Labute approximate surface area is 87.5 Å². The van der Waals surface area contributed by atoms with Crippen molar-refractivity contribution < 1.29 is 4.79 Å². The molecule has 0 unspecified atom stereocenters. The third-order valence-corrected chi connectivity index (χ3v) is 3.90. The summed E-state index contributed by atoms with van der Waals surface area (Å²) in [6, 6.07) is 5.62. The van der Waals surface area contributed by atoms with Gasteiger partial charge in [0.1, 0.15) is 0 Å². The minimum Gasteiger partial charge on any atom is -0.294 e. The molecule has 0 saturated heterocycles. The Morgan fingerprint density at radius 2 is 2.18 bits per heavy atom. The summed E-state index contributed by atoms with van der Waals surface area (Å²) in [6.07, 6.45) is 0. The number of halogens is 2. The van der Waals surface area contributed by atoms with Crippen LogP contribution in [-0.4, -0.2) is 5.78 Å². The number of ketones is 1. The maximum absolute atomic E-state index is 11.0. The summed E-state index contributed by atoms with van der Waals surface area (Å²) in [5.74, 6) is 0.107. The van der Waals surface area contributed by atoms with E-state index in [2.05, 4.69) is 38.5 Å². The molecule has 0 atom stereocenters. The molecule has 58 valence electrons. The number of Topliss-reactive ketones (excluding diaryl/α,β-unsaturated/α-hetero) is 1. The van der Waals surface area contributed by atoms with Crippen LogP contribution in [0.2, 0.25) is 0 Å². The van der Waals surface area contributed by atoms with Crippen molar-refractivity contribution in [3.8, 4) is 0 Å². The first-order valence-electron chi connectivity index (χ1n) is 3.08. The van der Waals surface area contributed by atoms with Crippen LogP contribution in [0.3, 0.4) is 0 Å². The molecule has 0 spiro atoms. The number of hydrogen-bond acceptors (Lipinski definition) is 1. The molecule has 0 bridgehead atoms. The maximum atomic E-state index is 11.0. The third-order valence-electron chi connectivity index (χ3n) is 1.33. The zero-order valence-corrected chi connectivity index (χ0v) is 9.64. The van der Waals surface area contributed by atoms with E-state index in [0.29, 0.717) is 0 Å². The van der Waals surface area contributed by atoms with Gasteiger partial charge in [-0.2, -0.15) is 0 Å². The van der Waals surface area contributed by atoms with Crippen molar-refractivity contribution >= 4 is 44.3 Å². The van der Waals surface area contributed by atoms with E-state index in [0.717, 1.165) is 13.6 Å². The second-order valence-corrected chi connectivity index (χ2v) is 4.09. The van der Waals surface area contributed by atoms with Crippen LogP contribution in [0, 0.1) is 3.57 Å². The fourth-order valence-electron chi connectivity index (χ4n) is 0.776. The molecule has 0 aliphatic carbocycles. The molecule has 1 nitrogen and oxygen atoms in total. The Morgan fingerprint density at radius 1 is 1.55 bits per heavy atom. The first kappa shape index (κ1) is 9.19. The molecule has 0 radical (unpaired) electrons. The van der Waals surface area contributed by atoms with Crippen molar-refractivity contribution in [2.75, 3.05) is 0 Å². The smallest absolute Gasteiger partial charge is 0.160 e. The normalized spacial score (nSPS) is 9.73. The Kier molecular flexibility index (Phi) is 3.06. The van der Waals surface area contributed by atoms with E-state index in [1.165, 1.54) is 0 Å². The molecule has 0 aliphatic heterocycles. The fraction of sp³-hybridized carbons (Fsp3) is 0.125. The monoisotopic (exact) mass is 324 g/mol. The Balaban J connectivity index is 3.27. The molecule has 0 fully saturated rings. The van der Waals surface area contributed by atoms with Crippen LogP contribution < -0.4 is 0 Å². The number of carbonyl (C=O) groups excluding carboxylic acids is 1. The van der Waals surface area contributed by atoms with Gasteiger partial charge in [-0.1, -0.05) is 12.1 Å². The standard InChI is InChI=1S/C8H6BrIO/c1-5(11)6-3-2-4-7(9)8(6)10/h2-4H,1H3. The summed E-state index contributed by atoms with van der Waals surface area (Å²) in [5, 5.41) is 0. The van der Waals surface area contributed by atoms with Crippen LogP contribution in [0.1, 0.15) is 17.3 Å². The quantitative estimate of drug-likeness (QED) is 0.572. The molecular weight excluding hydrogens is 319 g/mol. The molecule has 1 aromatic rings. The fourth-order valence-corrected chi connectivity index (χ4v) is 1.88. The van der Waals surface area contributed by atoms with Crippen LogP contribution in [0.15, 0.2) is 22.7 Å². The average Bonchev–Trinajstić information content (AvgIpc) is 1.94. The lowest BCUT2D eigenvalue weighted by Gasteiger charge is -2.00. The zero-order valence-electron chi connectivity index (χ0n) is 5.90. The Morgan fingerprint density at radius 3 is 2.64 bits per heavy atom. The highest BCUT2D eigenvalue weighted by Crippen LogP contribution is 2.22. The lowest BCUT2D eigenvalue weighted by atomic mass is 10.2. The molecule has 0 heterocycles. The van der Waals surface area contributed by atoms with Crippen molar-refractivity contribution in [2.24, 2.45) is 0 Å². The highest BCUT2D eigenvalue weighted by Gasteiger charge is 2.05. The summed E-state index contributed by atoms with van der Waals surface area (Å²) < 4.78 is 1.96. The second kappa shape index (κ2) is 3.67. The van der Waals surface area contributed by atoms with Crippen LogP contribution in [-0.2, 0) is 0 Å². The molecule has 0 aromatic heterocycles. The van der Waals surface area contributed by atoms with Crippen LogP contribution >= 0.6 is 38.5 Å². The van der Waals surface area contributed by atoms with E-state index >= 15 is 0 Å². The Bertz CT molecular complexity index is 296. The van der Waals surface area contributed by atoms with Gasteiger partial charge in [-0.15, -0.1) is 0 Å². The van der Waals surface area contributed by atoms with Gasteiger partial charge >= 0.3 is 0 Å². The molecule has 0 amide bonds. The van der Waals surface area contributed by atoms with Crippen molar-refractivity contribution in [2.45, 2.75) is 6.92 Å². The third kappa shape index (κ3) is 2.02. The van der Waals surface area contributed by atoms with Crippen LogP contribution in [0.5, 0.6) is 0 Å². The summed E-state index contributed by atoms with van der Waals surface area (Å²) in [4.78, 5) is 11.0. The topological polar surface area (TPSA) is 17.1 Å². The molecule has 3 heteroatoms. The Hall–Kier alpha value is 0.1000. The van der Waals surface area contributed by atoms with Crippen molar-refractivity contribution in [3.63, 3.8) is 0 Å². The largest absolute Gasteiger partial charge is 0.294 e. The molecule has 0 N–H and O–H groups in total. The van der Waals surface area contributed by atoms with Gasteiger partial charge in [0.05, 0.1) is 0 Å². The molecule has 1 rings (SSSR count). The van der Waals surface area contributed by atoms with Crippen LogP contribution in [0.4, 0.5) is 0 Å². The lowest BCUT2D eigenvalue weighted by Crippen LogP contribution is -1.95. The molecule has 1 aromatic carbocycles. The minimum atomic E-state index is 0.107. The SMILES string of the molecule is CC(=O)c1cccc(Br)c1I. The van der Waals surface area contributed by atoms with Gasteiger partial charge in [-0.3, -0.25) is 4.79 Å². The van der Waals surface area contributed by atoms with Crippen molar-refractivity contribution in [1.29, 1.82) is 0 Å². The van der Waals surface area contributed by atoms with Crippen molar-refractivity contribution in [1.82, 2.24) is 0 Å². The van der Waals surface area contributed by atoms with Gasteiger partial charge in [0.2, 0.25) is 0 Å². The molecule has 11 heavy (non-hydrogen) atoms. The predicted molar refractivity (Wildman–Crippen MR) is 56.9 cm³/mol. The van der Waals surface area contributed by atoms with Crippen LogP contribution in [0.25, 0.3) is 0 Å². The van der Waals surface area contributed by atoms with Crippen molar-refractivity contribution in [3.05, 3.63) is 31.8 Å². The van der Waals surface area contributed by atoms with E-state index < -0.39 is 0 Å². The average molecular weight is 325 g/mol. The summed E-state index contributed by atoms with van der Waals surface area (Å²) in [6.45, 7) is 1.57. The van der Waals surface area contributed by atoms with Gasteiger partial charge in [-0.05, 0) is 51.5 Å². The molecule has 0 saturated carbocycles. The summed E-state index contributed by atoms with van der Waals surface area (Å²) in [5.41, 5.74) is 0.778. The second-order valence-electron chi connectivity index (χ2n) is 2.16. The van der Waals surface area contributed by atoms with Gasteiger partial charge < -0.3 is 0 Å². The number of carbonyl (C=O) groups is 1. The van der Waals surface area contributed by atoms with E-state index in [4.69, 9.17) is 0 Å². The van der Waals surface area contributed by atoms with E-state index in [-0.39, 0.29) is 5.78 Å².